The Bertz CT molecular complexity index is 380. The predicted molar refractivity (Wildman–Crippen MR) is 88.8 cm³/mol. The second-order valence-corrected chi connectivity index (χ2v) is 6.22. The van der Waals surface area contributed by atoms with Crippen LogP contribution in [0.1, 0.15) is 33.1 Å². The van der Waals surface area contributed by atoms with Crippen LogP contribution in [0.4, 0.5) is 0 Å². The molecule has 0 aromatic rings. The predicted octanol–water partition coefficient (Wildman–Crippen LogP) is 0.663. The molecule has 3 N–H and O–H groups in total. The highest BCUT2D eigenvalue weighted by molar-refractivity contribution is 6.27. The third-order valence-corrected chi connectivity index (χ3v) is 3.59. The topological polar surface area (TPSA) is 116 Å². The molecule has 0 aromatic heterocycles. The van der Waals surface area contributed by atoms with Crippen molar-refractivity contribution >= 4 is 17.8 Å². The summed E-state index contributed by atoms with van der Waals surface area (Å²) in [5.74, 6) is -2.49. The number of carboxylic acid groups (broad SMARTS) is 2. The molecule has 0 radical (unpaired) electrons. The van der Waals surface area contributed by atoms with E-state index in [0.29, 0.717) is 12.5 Å². The maximum absolute atomic E-state index is 11.9. The van der Waals surface area contributed by atoms with Gasteiger partial charge in [-0.05, 0) is 38.3 Å². The second kappa shape index (κ2) is 12.7. The Hall–Kier alpha value is -1.67. The highest BCUT2D eigenvalue weighted by Gasteiger charge is 2.24. The van der Waals surface area contributed by atoms with Gasteiger partial charge in [-0.25, -0.2) is 9.59 Å². The van der Waals surface area contributed by atoms with Crippen LogP contribution in [0, 0.1) is 11.8 Å². The van der Waals surface area contributed by atoms with Crippen LogP contribution < -0.4 is 5.32 Å². The number of carboxylic acids is 2. The van der Waals surface area contributed by atoms with E-state index in [2.05, 4.69) is 24.1 Å². The summed E-state index contributed by atoms with van der Waals surface area (Å²) in [6.45, 7) is 9.22. The molecule has 0 spiro atoms. The van der Waals surface area contributed by atoms with Gasteiger partial charge in [-0.3, -0.25) is 4.79 Å². The van der Waals surface area contributed by atoms with E-state index in [1.54, 1.807) is 7.11 Å². The van der Waals surface area contributed by atoms with Crippen molar-refractivity contribution in [1.29, 1.82) is 0 Å². The number of rotatable bonds is 7. The number of likely N-dealkylation sites (tertiary alicyclic amines) is 1. The number of piperidine rings is 1. The molecule has 8 heteroatoms. The highest BCUT2D eigenvalue weighted by Crippen LogP contribution is 2.18. The van der Waals surface area contributed by atoms with Crippen molar-refractivity contribution in [3.05, 3.63) is 0 Å². The molecule has 0 saturated carbocycles. The average Bonchev–Trinajstić information content (AvgIpc) is 2.52. The number of hydrogen-bond donors (Lipinski definition) is 3. The van der Waals surface area contributed by atoms with E-state index in [-0.39, 0.29) is 11.8 Å². The number of nitrogens with one attached hydrogen (secondary N) is 1. The third kappa shape index (κ3) is 11.0. The molecule has 0 unspecified atom stereocenters. The van der Waals surface area contributed by atoms with Gasteiger partial charge in [0, 0.05) is 32.7 Å². The van der Waals surface area contributed by atoms with Gasteiger partial charge in [-0.1, -0.05) is 13.8 Å². The highest BCUT2D eigenvalue weighted by atomic mass is 16.5. The molecule has 24 heavy (non-hydrogen) atoms. The first-order valence-electron chi connectivity index (χ1n) is 8.23. The molecule has 1 aliphatic rings. The Morgan fingerprint density at radius 3 is 2.12 bits per heavy atom. The SMILES string of the molecule is COCCCNC(=O)C1CCN(CC(C)C)CC1.O=C(O)C(=O)O. The van der Waals surface area contributed by atoms with Crippen molar-refractivity contribution in [3.63, 3.8) is 0 Å². The molecule has 1 amide bonds. The lowest BCUT2D eigenvalue weighted by atomic mass is 9.95. The minimum atomic E-state index is -1.82. The number of carbonyl (C=O) groups excluding carboxylic acids is 1. The number of nitrogens with zero attached hydrogens (tertiary/aromatic N) is 1. The smallest absolute Gasteiger partial charge is 0.414 e. The molecule has 0 aromatic carbocycles. The number of amides is 1. The number of carbonyl (C=O) groups is 3. The lowest BCUT2D eigenvalue weighted by molar-refractivity contribution is -0.159. The van der Waals surface area contributed by atoms with Crippen LogP contribution in [0.2, 0.25) is 0 Å². The van der Waals surface area contributed by atoms with Crippen LogP contribution in [-0.4, -0.2) is 72.9 Å². The quantitative estimate of drug-likeness (QED) is 0.458. The van der Waals surface area contributed by atoms with E-state index in [9.17, 15) is 4.79 Å². The van der Waals surface area contributed by atoms with Crippen LogP contribution in [0.3, 0.4) is 0 Å². The van der Waals surface area contributed by atoms with Crippen molar-refractivity contribution in [2.45, 2.75) is 33.1 Å². The van der Waals surface area contributed by atoms with E-state index in [1.165, 1.54) is 0 Å². The Morgan fingerprint density at radius 2 is 1.71 bits per heavy atom. The maximum atomic E-state index is 11.9. The molecule has 1 heterocycles. The number of hydrogen-bond acceptors (Lipinski definition) is 5. The molecule has 8 nitrogen and oxygen atoms in total. The zero-order valence-electron chi connectivity index (χ0n) is 14.8. The molecule has 0 atom stereocenters. The Labute approximate surface area is 143 Å². The minimum Gasteiger partial charge on any atom is -0.473 e. The normalized spacial score (nSPS) is 15.5. The minimum absolute atomic E-state index is 0.218. The van der Waals surface area contributed by atoms with Crippen molar-refractivity contribution in [3.8, 4) is 0 Å². The van der Waals surface area contributed by atoms with Crippen LogP contribution in [-0.2, 0) is 19.1 Å². The van der Waals surface area contributed by atoms with Gasteiger partial charge >= 0.3 is 11.9 Å². The fourth-order valence-electron chi connectivity index (χ4n) is 2.47. The monoisotopic (exact) mass is 346 g/mol. The molecular formula is C16H30N2O6. The zero-order chi connectivity index (χ0) is 18.5. The summed E-state index contributed by atoms with van der Waals surface area (Å²) in [6, 6.07) is 0. The van der Waals surface area contributed by atoms with Gasteiger partial charge in [0.05, 0.1) is 0 Å². The van der Waals surface area contributed by atoms with Crippen LogP contribution in [0.5, 0.6) is 0 Å². The maximum Gasteiger partial charge on any atom is 0.414 e. The van der Waals surface area contributed by atoms with Crippen molar-refractivity contribution in [2.75, 3.05) is 39.9 Å². The van der Waals surface area contributed by atoms with Gasteiger partial charge < -0.3 is 25.2 Å². The summed E-state index contributed by atoms with van der Waals surface area (Å²) in [6.07, 6.45) is 2.90. The van der Waals surface area contributed by atoms with Crippen molar-refractivity contribution in [1.82, 2.24) is 10.2 Å². The van der Waals surface area contributed by atoms with Crippen molar-refractivity contribution in [2.24, 2.45) is 11.8 Å². The van der Waals surface area contributed by atoms with Crippen molar-refractivity contribution < 1.29 is 29.3 Å². The van der Waals surface area contributed by atoms with Crippen LogP contribution in [0.15, 0.2) is 0 Å². The Morgan fingerprint density at radius 1 is 1.17 bits per heavy atom. The van der Waals surface area contributed by atoms with E-state index in [1.807, 2.05) is 0 Å². The molecule has 1 rings (SSSR count). The fourth-order valence-corrected chi connectivity index (χ4v) is 2.47. The van der Waals surface area contributed by atoms with Crippen LogP contribution in [0.25, 0.3) is 0 Å². The van der Waals surface area contributed by atoms with Gasteiger partial charge in [0.25, 0.3) is 0 Å². The zero-order valence-corrected chi connectivity index (χ0v) is 14.8. The summed E-state index contributed by atoms with van der Waals surface area (Å²) in [5.41, 5.74) is 0. The van der Waals surface area contributed by atoms with Gasteiger partial charge in [0.1, 0.15) is 0 Å². The first-order chi connectivity index (χ1) is 11.3. The number of ether oxygens (including phenoxy) is 1. The van der Waals surface area contributed by atoms with Crippen LogP contribution >= 0.6 is 0 Å². The third-order valence-electron chi connectivity index (χ3n) is 3.59. The molecule has 0 bridgehead atoms. The van der Waals surface area contributed by atoms with Gasteiger partial charge in [0.2, 0.25) is 5.91 Å². The van der Waals surface area contributed by atoms with Gasteiger partial charge in [-0.15, -0.1) is 0 Å². The number of aliphatic carboxylic acids is 2. The molecular weight excluding hydrogens is 316 g/mol. The lowest BCUT2D eigenvalue weighted by Gasteiger charge is -2.32. The second-order valence-electron chi connectivity index (χ2n) is 6.22. The summed E-state index contributed by atoms with van der Waals surface area (Å²) in [4.78, 5) is 32.6. The summed E-state index contributed by atoms with van der Waals surface area (Å²) >= 11 is 0. The standard InChI is InChI=1S/C14H28N2O2.C2H2O4/c1-12(2)11-16-8-5-13(6-9-16)14(17)15-7-4-10-18-3;3-1(4)2(5)6/h12-13H,4-11H2,1-3H3,(H,15,17);(H,3,4)(H,5,6). The van der Waals surface area contributed by atoms with Gasteiger partial charge in [0.15, 0.2) is 0 Å². The lowest BCUT2D eigenvalue weighted by Crippen LogP contribution is -2.41. The van der Waals surface area contributed by atoms with E-state index in [4.69, 9.17) is 24.5 Å². The molecule has 1 aliphatic heterocycles. The average molecular weight is 346 g/mol. The Balaban J connectivity index is 0.000000754. The molecule has 1 saturated heterocycles. The molecule has 140 valence electrons. The largest absolute Gasteiger partial charge is 0.473 e. The Kier molecular flexibility index (Phi) is 11.8. The molecule has 1 fully saturated rings. The first kappa shape index (κ1) is 22.3. The summed E-state index contributed by atoms with van der Waals surface area (Å²) in [5, 5.41) is 17.8. The number of methoxy groups -OCH3 is 1. The summed E-state index contributed by atoms with van der Waals surface area (Å²) in [7, 11) is 1.69. The summed E-state index contributed by atoms with van der Waals surface area (Å²) < 4.78 is 4.96. The fraction of sp³-hybridized carbons (Fsp3) is 0.812. The van der Waals surface area contributed by atoms with Gasteiger partial charge in [-0.2, -0.15) is 0 Å². The first-order valence-corrected chi connectivity index (χ1v) is 8.23. The van der Waals surface area contributed by atoms with E-state index in [0.717, 1.165) is 45.4 Å². The van der Waals surface area contributed by atoms with E-state index < -0.39 is 11.9 Å². The molecule has 0 aliphatic carbocycles. The van der Waals surface area contributed by atoms with E-state index >= 15 is 0 Å².